The lowest BCUT2D eigenvalue weighted by Crippen LogP contribution is -2.57. The summed E-state index contributed by atoms with van der Waals surface area (Å²) in [6, 6.07) is 16.5. The summed E-state index contributed by atoms with van der Waals surface area (Å²) in [7, 11) is 0. The minimum absolute atomic E-state index is 0.0124. The van der Waals surface area contributed by atoms with E-state index < -0.39 is 6.04 Å². The summed E-state index contributed by atoms with van der Waals surface area (Å²) in [6.07, 6.45) is 0. The molecule has 0 spiro atoms. The van der Waals surface area contributed by atoms with Gasteiger partial charge in [-0.05, 0) is 23.6 Å². The number of halogens is 1. The van der Waals surface area contributed by atoms with Gasteiger partial charge < -0.3 is 20.4 Å². The monoisotopic (exact) mass is 428 g/mol. The van der Waals surface area contributed by atoms with Crippen LogP contribution in [-0.2, 0) is 11.3 Å². The van der Waals surface area contributed by atoms with Gasteiger partial charge in [-0.25, -0.2) is 4.79 Å². The highest BCUT2D eigenvalue weighted by molar-refractivity contribution is 6.33. The lowest BCUT2D eigenvalue weighted by atomic mass is 10.0. The number of para-hydroxylation sites is 1. The number of rotatable bonds is 6. The van der Waals surface area contributed by atoms with E-state index in [1.165, 1.54) is 0 Å². The van der Waals surface area contributed by atoms with Crippen LogP contribution in [0, 0.1) is 5.92 Å². The van der Waals surface area contributed by atoms with E-state index in [4.69, 9.17) is 11.6 Å². The van der Waals surface area contributed by atoms with Gasteiger partial charge in [-0.1, -0.05) is 67.9 Å². The molecular formula is C23H29ClN4O2. The minimum Gasteiger partial charge on any atom is -0.367 e. The van der Waals surface area contributed by atoms with Crippen LogP contribution in [0.25, 0.3) is 0 Å². The first-order valence-corrected chi connectivity index (χ1v) is 10.7. The fourth-order valence-electron chi connectivity index (χ4n) is 3.56. The zero-order valence-electron chi connectivity index (χ0n) is 17.5. The number of urea groups is 1. The number of carbonyl (C=O) groups is 2. The van der Waals surface area contributed by atoms with E-state index in [-0.39, 0.29) is 17.9 Å². The van der Waals surface area contributed by atoms with E-state index >= 15 is 0 Å². The Bertz CT molecular complexity index is 851. The molecule has 1 aliphatic rings. The molecule has 1 atom stereocenters. The van der Waals surface area contributed by atoms with Crippen molar-refractivity contribution in [3.63, 3.8) is 0 Å². The Morgan fingerprint density at radius 1 is 0.967 bits per heavy atom. The molecule has 1 unspecified atom stereocenters. The maximum Gasteiger partial charge on any atom is 0.315 e. The van der Waals surface area contributed by atoms with Gasteiger partial charge in [-0.2, -0.15) is 0 Å². The Labute approximate surface area is 183 Å². The number of carbonyl (C=O) groups excluding carboxylic acids is 2. The zero-order valence-corrected chi connectivity index (χ0v) is 18.2. The molecule has 0 bridgehead atoms. The standard InChI is InChI=1S/C23H29ClN4O2/c1-17(2)21(26-23(30)25-16-18-8-4-3-5-9-18)22(29)28-14-12-27(13-15-28)20-11-7-6-10-19(20)24/h3-11,17,21H,12-16H2,1-2H3,(H2,25,26,30). The fraction of sp³-hybridized carbons (Fsp3) is 0.391. The Balaban J connectivity index is 1.54. The molecule has 0 aliphatic carbocycles. The average molecular weight is 429 g/mol. The summed E-state index contributed by atoms with van der Waals surface area (Å²) in [5.74, 6) is -0.0553. The zero-order chi connectivity index (χ0) is 21.5. The van der Waals surface area contributed by atoms with Crippen LogP contribution in [0.5, 0.6) is 0 Å². The van der Waals surface area contributed by atoms with Crippen LogP contribution in [-0.4, -0.2) is 49.1 Å². The van der Waals surface area contributed by atoms with Crippen LogP contribution in [0.3, 0.4) is 0 Å². The van der Waals surface area contributed by atoms with Gasteiger partial charge in [0.1, 0.15) is 6.04 Å². The fourth-order valence-corrected chi connectivity index (χ4v) is 3.81. The summed E-state index contributed by atoms with van der Waals surface area (Å²) >= 11 is 6.30. The number of anilines is 1. The first kappa shape index (κ1) is 22.0. The third-order valence-electron chi connectivity index (χ3n) is 5.30. The first-order chi connectivity index (χ1) is 14.5. The SMILES string of the molecule is CC(C)C(NC(=O)NCc1ccccc1)C(=O)N1CCN(c2ccccc2Cl)CC1. The molecule has 1 aliphatic heterocycles. The molecular weight excluding hydrogens is 400 g/mol. The van der Waals surface area contributed by atoms with Crippen molar-refractivity contribution in [1.82, 2.24) is 15.5 Å². The van der Waals surface area contributed by atoms with Crippen molar-refractivity contribution in [2.75, 3.05) is 31.1 Å². The highest BCUT2D eigenvalue weighted by Gasteiger charge is 2.31. The number of piperazine rings is 1. The Kier molecular flexibility index (Phi) is 7.57. The van der Waals surface area contributed by atoms with E-state index in [0.717, 1.165) is 11.3 Å². The molecule has 0 saturated carbocycles. The summed E-state index contributed by atoms with van der Waals surface area (Å²) in [5.41, 5.74) is 2.00. The Hall–Kier alpha value is -2.73. The lowest BCUT2D eigenvalue weighted by Gasteiger charge is -2.38. The highest BCUT2D eigenvalue weighted by atomic mass is 35.5. The van der Waals surface area contributed by atoms with Crippen molar-refractivity contribution in [1.29, 1.82) is 0 Å². The number of hydrogen-bond acceptors (Lipinski definition) is 3. The van der Waals surface area contributed by atoms with Crippen molar-refractivity contribution in [2.45, 2.75) is 26.4 Å². The van der Waals surface area contributed by atoms with Gasteiger partial charge in [0, 0.05) is 32.7 Å². The van der Waals surface area contributed by atoms with Crippen molar-refractivity contribution in [3.05, 3.63) is 65.2 Å². The number of benzene rings is 2. The normalized spacial score (nSPS) is 15.1. The van der Waals surface area contributed by atoms with Gasteiger partial charge in [0.25, 0.3) is 0 Å². The van der Waals surface area contributed by atoms with Gasteiger partial charge in [-0.15, -0.1) is 0 Å². The average Bonchev–Trinajstić information content (AvgIpc) is 2.76. The topological polar surface area (TPSA) is 64.7 Å². The molecule has 2 N–H and O–H groups in total. The molecule has 6 nitrogen and oxygen atoms in total. The second-order valence-electron chi connectivity index (χ2n) is 7.80. The smallest absolute Gasteiger partial charge is 0.315 e. The molecule has 1 heterocycles. The Morgan fingerprint density at radius 3 is 2.23 bits per heavy atom. The van der Waals surface area contributed by atoms with Gasteiger partial charge in [-0.3, -0.25) is 4.79 Å². The van der Waals surface area contributed by atoms with Crippen LogP contribution in [0.15, 0.2) is 54.6 Å². The predicted molar refractivity (Wildman–Crippen MR) is 121 cm³/mol. The summed E-state index contributed by atoms with van der Waals surface area (Å²) in [4.78, 5) is 29.5. The van der Waals surface area contributed by atoms with E-state index in [1.807, 2.05) is 73.3 Å². The summed E-state index contributed by atoms with van der Waals surface area (Å²) < 4.78 is 0. The van der Waals surface area contributed by atoms with Crippen molar-refractivity contribution in [3.8, 4) is 0 Å². The summed E-state index contributed by atoms with van der Waals surface area (Å²) in [6.45, 7) is 6.92. The number of nitrogens with zero attached hydrogens (tertiary/aromatic N) is 2. The van der Waals surface area contributed by atoms with E-state index in [9.17, 15) is 9.59 Å². The number of nitrogens with one attached hydrogen (secondary N) is 2. The Morgan fingerprint density at radius 2 is 1.60 bits per heavy atom. The molecule has 30 heavy (non-hydrogen) atoms. The van der Waals surface area contributed by atoms with Crippen LogP contribution >= 0.6 is 11.6 Å². The molecule has 160 valence electrons. The van der Waals surface area contributed by atoms with Crippen LogP contribution in [0.2, 0.25) is 5.02 Å². The molecule has 3 rings (SSSR count). The largest absolute Gasteiger partial charge is 0.367 e. The lowest BCUT2D eigenvalue weighted by molar-refractivity contribution is -0.134. The molecule has 0 aromatic heterocycles. The first-order valence-electron chi connectivity index (χ1n) is 10.3. The third-order valence-corrected chi connectivity index (χ3v) is 5.62. The maximum absolute atomic E-state index is 13.1. The molecule has 3 amide bonds. The molecule has 1 saturated heterocycles. The summed E-state index contributed by atoms with van der Waals surface area (Å²) in [5, 5.41) is 6.41. The number of amides is 3. The van der Waals surface area contributed by atoms with Gasteiger partial charge in [0.2, 0.25) is 5.91 Å². The van der Waals surface area contributed by atoms with Gasteiger partial charge in [0.15, 0.2) is 0 Å². The van der Waals surface area contributed by atoms with E-state index in [1.54, 1.807) is 0 Å². The highest BCUT2D eigenvalue weighted by Crippen LogP contribution is 2.26. The predicted octanol–water partition coefficient (Wildman–Crippen LogP) is 3.51. The van der Waals surface area contributed by atoms with Crippen LogP contribution in [0.1, 0.15) is 19.4 Å². The van der Waals surface area contributed by atoms with E-state index in [0.29, 0.717) is 37.7 Å². The molecule has 2 aromatic rings. The van der Waals surface area contributed by atoms with Crippen molar-refractivity contribution < 1.29 is 9.59 Å². The van der Waals surface area contributed by atoms with Crippen molar-refractivity contribution in [2.24, 2.45) is 5.92 Å². The molecule has 1 fully saturated rings. The van der Waals surface area contributed by atoms with Crippen molar-refractivity contribution >= 4 is 29.2 Å². The number of hydrogen-bond donors (Lipinski definition) is 2. The molecule has 0 radical (unpaired) electrons. The van der Waals surface area contributed by atoms with Crippen LogP contribution in [0.4, 0.5) is 10.5 Å². The minimum atomic E-state index is -0.562. The van der Waals surface area contributed by atoms with E-state index in [2.05, 4.69) is 15.5 Å². The van der Waals surface area contributed by atoms with Crippen LogP contribution < -0.4 is 15.5 Å². The second kappa shape index (κ2) is 10.3. The molecule has 2 aromatic carbocycles. The second-order valence-corrected chi connectivity index (χ2v) is 8.21. The maximum atomic E-state index is 13.1. The van der Waals surface area contributed by atoms with Gasteiger partial charge in [0.05, 0.1) is 10.7 Å². The quantitative estimate of drug-likeness (QED) is 0.740. The third kappa shape index (κ3) is 5.66. The van der Waals surface area contributed by atoms with Gasteiger partial charge >= 0.3 is 6.03 Å². The molecule has 7 heteroatoms.